The second-order valence-electron chi connectivity index (χ2n) is 0.794. The van der Waals surface area contributed by atoms with Crippen LogP contribution >= 0.6 is 31.9 Å². The second kappa shape index (κ2) is 4.43. The van der Waals surface area contributed by atoms with Gasteiger partial charge in [-0.05, 0) is 5.53 Å². The summed E-state index contributed by atoms with van der Waals surface area (Å²) < 4.78 is 0. The van der Waals surface area contributed by atoms with Crippen LogP contribution < -0.4 is 0 Å². The third-order valence-electron chi connectivity index (χ3n) is 0.304. The summed E-state index contributed by atoms with van der Waals surface area (Å²) in [6, 6.07) is 0. The number of rotatable bonds is 2. The Balaban J connectivity index is 3.35. The molecule has 0 aromatic rings. The van der Waals surface area contributed by atoms with Crippen LogP contribution in [0.2, 0.25) is 0 Å². The van der Waals surface area contributed by atoms with Crippen LogP contribution in [0.1, 0.15) is 0 Å². The van der Waals surface area contributed by atoms with E-state index in [4.69, 9.17) is 5.53 Å². The first kappa shape index (κ1) is 7.27. The standard InChI is InChI=1S/C2H3Br2N3/c3-1-2(4)6-7-5/h2H,1H2. The third kappa shape index (κ3) is 4.12. The monoisotopic (exact) mass is 227 g/mol. The van der Waals surface area contributed by atoms with E-state index < -0.39 is 0 Å². The lowest BCUT2D eigenvalue weighted by molar-refractivity contribution is 1.07. The zero-order valence-corrected chi connectivity index (χ0v) is 6.55. The van der Waals surface area contributed by atoms with E-state index in [1.807, 2.05) is 0 Å². The summed E-state index contributed by atoms with van der Waals surface area (Å²) in [5, 5.41) is 3.94. The molecule has 0 amide bonds. The highest BCUT2D eigenvalue weighted by atomic mass is 79.9. The molecule has 1 atom stereocenters. The van der Waals surface area contributed by atoms with Crippen molar-refractivity contribution in [3.05, 3.63) is 10.4 Å². The Morgan fingerprint density at radius 1 is 1.86 bits per heavy atom. The molecule has 7 heavy (non-hydrogen) atoms. The fourth-order valence-electron chi connectivity index (χ4n) is 0.0869. The number of nitrogens with zero attached hydrogens (tertiary/aromatic N) is 3. The lowest BCUT2D eigenvalue weighted by Crippen LogP contribution is -1.88. The predicted molar refractivity (Wildman–Crippen MR) is 35.7 cm³/mol. The summed E-state index contributed by atoms with van der Waals surface area (Å²) in [4.78, 5) is 2.44. The molecule has 0 aliphatic carbocycles. The largest absolute Gasteiger partial charge is 0.103 e. The van der Waals surface area contributed by atoms with Crippen molar-refractivity contribution < 1.29 is 0 Å². The van der Waals surface area contributed by atoms with Gasteiger partial charge in [-0.2, -0.15) is 0 Å². The van der Waals surface area contributed by atoms with E-state index in [1.54, 1.807) is 0 Å². The van der Waals surface area contributed by atoms with Crippen LogP contribution in [0.5, 0.6) is 0 Å². The molecule has 0 N–H and O–H groups in total. The molecule has 0 radical (unpaired) electrons. The van der Waals surface area contributed by atoms with Crippen molar-refractivity contribution in [3.63, 3.8) is 0 Å². The van der Waals surface area contributed by atoms with Crippen LogP contribution in [-0.4, -0.2) is 10.3 Å². The summed E-state index contributed by atoms with van der Waals surface area (Å²) in [5.41, 5.74) is 7.78. The van der Waals surface area contributed by atoms with E-state index in [2.05, 4.69) is 41.9 Å². The second-order valence-corrected chi connectivity index (χ2v) is 2.50. The van der Waals surface area contributed by atoms with Crippen LogP contribution in [0.25, 0.3) is 10.4 Å². The maximum Gasteiger partial charge on any atom is 0.103 e. The van der Waals surface area contributed by atoms with Crippen LogP contribution in [0, 0.1) is 0 Å². The van der Waals surface area contributed by atoms with E-state index in [0.717, 1.165) is 0 Å². The Kier molecular flexibility index (Phi) is 4.60. The third-order valence-corrected chi connectivity index (χ3v) is 2.29. The van der Waals surface area contributed by atoms with E-state index in [1.165, 1.54) is 0 Å². The maximum atomic E-state index is 7.78. The normalized spacial score (nSPS) is 12.3. The fourth-order valence-corrected chi connectivity index (χ4v) is 0.298. The van der Waals surface area contributed by atoms with Gasteiger partial charge in [0.15, 0.2) is 0 Å². The number of hydrogen-bond donors (Lipinski definition) is 0. The van der Waals surface area contributed by atoms with Gasteiger partial charge in [0.1, 0.15) is 4.95 Å². The number of alkyl halides is 2. The van der Waals surface area contributed by atoms with Gasteiger partial charge in [-0.3, -0.25) is 0 Å². The van der Waals surface area contributed by atoms with Gasteiger partial charge in [-0.15, -0.1) is 0 Å². The molecule has 3 nitrogen and oxygen atoms in total. The molecule has 0 fully saturated rings. The van der Waals surface area contributed by atoms with Crippen LogP contribution in [0.15, 0.2) is 5.11 Å². The van der Waals surface area contributed by atoms with Gasteiger partial charge in [0, 0.05) is 10.2 Å². The van der Waals surface area contributed by atoms with Gasteiger partial charge >= 0.3 is 0 Å². The molecule has 0 spiro atoms. The molecule has 40 valence electrons. The molecule has 0 aliphatic rings. The average Bonchev–Trinajstić information content (AvgIpc) is 1.68. The van der Waals surface area contributed by atoms with E-state index >= 15 is 0 Å². The molecule has 0 aliphatic heterocycles. The molecule has 0 rings (SSSR count). The van der Waals surface area contributed by atoms with Gasteiger partial charge < -0.3 is 0 Å². The van der Waals surface area contributed by atoms with E-state index in [-0.39, 0.29) is 4.95 Å². The summed E-state index contributed by atoms with van der Waals surface area (Å²) in [6.07, 6.45) is 0. The SMILES string of the molecule is [N-]=[N+]=NC(Br)CBr. The van der Waals surface area contributed by atoms with Gasteiger partial charge in [-0.25, -0.2) is 0 Å². The lowest BCUT2D eigenvalue weighted by Gasteiger charge is -1.87. The highest BCUT2D eigenvalue weighted by Gasteiger charge is 1.92. The molecule has 0 aromatic heterocycles. The highest BCUT2D eigenvalue weighted by molar-refractivity contribution is 9.12. The Bertz CT molecular complexity index is 86.9. The summed E-state index contributed by atoms with van der Waals surface area (Å²) in [6.45, 7) is 0. The van der Waals surface area contributed by atoms with Crippen molar-refractivity contribution in [1.82, 2.24) is 0 Å². The molecule has 0 saturated carbocycles. The molecule has 0 aromatic carbocycles. The predicted octanol–water partition coefficient (Wildman–Crippen LogP) is 2.41. The van der Waals surface area contributed by atoms with Crippen molar-refractivity contribution in [1.29, 1.82) is 0 Å². The van der Waals surface area contributed by atoms with E-state index in [0.29, 0.717) is 5.33 Å². The van der Waals surface area contributed by atoms with Crippen LogP contribution in [0.3, 0.4) is 0 Å². The molecule has 5 heteroatoms. The smallest absolute Gasteiger partial charge is 0.0915 e. The van der Waals surface area contributed by atoms with E-state index in [9.17, 15) is 0 Å². The molecule has 1 unspecified atom stereocenters. The Morgan fingerprint density at radius 3 is 2.57 bits per heavy atom. The summed E-state index contributed by atoms with van der Waals surface area (Å²) in [5.74, 6) is 0. The van der Waals surface area contributed by atoms with Crippen molar-refractivity contribution in [2.75, 3.05) is 5.33 Å². The van der Waals surface area contributed by atoms with Crippen molar-refractivity contribution in [3.8, 4) is 0 Å². The Labute approximate surface area is 58.0 Å². The van der Waals surface area contributed by atoms with Crippen LogP contribution in [-0.2, 0) is 0 Å². The van der Waals surface area contributed by atoms with Gasteiger partial charge in [0.05, 0.1) is 0 Å². The van der Waals surface area contributed by atoms with Gasteiger partial charge in [0.25, 0.3) is 0 Å². The molecular formula is C2H3Br2N3. The minimum Gasteiger partial charge on any atom is -0.0915 e. The number of azide groups is 1. The lowest BCUT2D eigenvalue weighted by atomic mass is 10.8. The van der Waals surface area contributed by atoms with Crippen molar-refractivity contribution in [2.45, 2.75) is 4.95 Å². The van der Waals surface area contributed by atoms with Crippen LogP contribution in [0.4, 0.5) is 0 Å². The zero-order chi connectivity index (χ0) is 5.70. The van der Waals surface area contributed by atoms with Gasteiger partial charge in [-0.1, -0.05) is 37.0 Å². The summed E-state index contributed by atoms with van der Waals surface area (Å²) >= 11 is 6.17. The Hall–Kier alpha value is 0.270. The van der Waals surface area contributed by atoms with Crippen molar-refractivity contribution in [2.24, 2.45) is 5.11 Å². The minimum atomic E-state index is -0.113. The molecular weight excluding hydrogens is 226 g/mol. The molecule has 0 heterocycles. The summed E-state index contributed by atoms with van der Waals surface area (Å²) in [7, 11) is 0. The van der Waals surface area contributed by atoms with Gasteiger partial charge in [0.2, 0.25) is 0 Å². The first-order valence-corrected chi connectivity index (χ1v) is 3.59. The zero-order valence-electron chi connectivity index (χ0n) is 3.38. The average molecular weight is 229 g/mol. The maximum absolute atomic E-state index is 7.78. The Morgan fingerprint density at radius 2 is 2.43 bits per heavy atom. The minimum absolute atomic E-state index is 0.113. The molecule has 0 saturated heterocycles. The topological polar surface area (TPSA) is 48.8 Å². The quantitative estimate of drug-likeness (QED) is 0.229. The first-order chi connectivity index (χ1) is 3.31. The molecule has 0 bridgehead atoms. The number of hydrogen-bond acceptors (Lipinski definition) is 1. The fraction of sp³-hybridized carbons (Fsp3) is 1.00. The van der Waals surface area contributed by atoms with Crippen molar-refractivity contribution >= 4 is 31.9 Å². The first-order valence-electron chi connectivity index (χ1n) is 1.55. The highest BCUT2D eigenvalue weighted by Crippen LogP contribution is 2.03. The number of halogens is 2.